The van der Waals surface area contributed by atoms with Crippen LogP contribution in [0.2, 0.25) is 18.1 Å². The van der Waals surface area contributed by atoms with Crippen molar-refractivity contribution in [2.75, 3.05) is 6.54 Å². The van der Waals surface area contributed by atoms with Gasteiger partial charge in [-0.05, 0) is 112 Å². The number of hydrogen-bond donors (Lipinski definition) is 0. The minimum atomic E-state index is -2.60. The maximum absolute atomic E-state index is 15.3. The van der Waals surface area contributed by atoms with Crippen LogP contribution in [-0.2, 0) is 49.2 Å². The van der Waals surface area contributed by atoms with Crippen LogP contribution in [0.25, 0.3) is 10.2 Å². The average Bonchev–Trinajstić information content (AvgIpc) is 3.82. The third kappa shape index (κ3) is 15.1. The summed E-state index contributed by atoms with van der Waals surface area (Å²) in [6, 6.07) is 12.6. The molecule has 15 heteroatoms. The zero-order valence-corrected chi connectivity index (χ0v) is 44.0. The fourth-order valence-corrected chi connectivity index (χ4v) is 10.7. The first kappa shape index (κ1) is 54.7. The van der Waals surface area contributed by atoms with Gasteiger partial charge >= 0.3 is 18.1 Å². The summed E-state index contributed by atoms with van der Waals surface area (Å²) in [5.74, 6) is -2.53. The van der Waals surface area contributed by atoms with Gasteiger partial charge in [-0.1, -0.05) is 83.9 Å². The van der Waals surface area contributed by atoms with Crippen LogP contribution in [0.5, 0.6) is 5.75 Å². The van der Waals surface area contributed by atoms with E-state index in [0.29, 0.717) is 50.0 Å². The SMILES string of the molecule is C=CC[C@H]1C(=O)C(C)(C)[C@@H](O[Si](C)(C)C(C)(C)C)CC(=O)O[C@H](c2ccc3sc(C)nc3c2)C/C=C(/C)CCC[C@H](C)[C@@H]1OC(=O)OCc1ccc(OC(=O)CCCCCN2C(=O)C=CC2=O)cc1. The van der Waals surface area contributed by atoms with E-state index in [1.54, 1.807) is 41.7 Å². The molecule has 3 aromatic rings. The van der Waals surface area contributed by atoms with E-state index in [1.165, 1.54) is 17.1 Å². The van der Waals surface area contributed by atoms with Crippen LogP contribution in [0, 0.1) is 24.2 Å². The molecule has 13 nitrogen and oxygen atoms in total. The van der Waals surface area contributed by atoms with Crippen molar-refractivity contribution in [2.24, 2.45) is 17.3 Å². The number of fused-ring (bicyclic) bond motifs is 1. The van der Waals surface area contributed by atoms with Crippen molar-refractivity contribution >= 4 is 65.6 Å². The number of allylic oxidation sites excluding steroid dienone is 2. The molecule has 374 valence electrons. The van der Waals surface area contributed by atoms with E-state index in [9.17, 15) is 24.0 Å². The number of cyclic esters (lactones) is 1. The van der Waals surface area contributed by atoms with E-state index in [0.717, 1.165) is 39.2 Å². The van der Waals surface area contributed by atoms with E-state index in [4.69, 9.17) is 28.4 Å². The quantitative estimate of drug-likeness (QED) is 0.0354. The lowest BCUT2D eigenvalue weighted by molar-refractivity contribution is -0.155. The topological polar surface area (TPSA) is 165 Å². The molecule has 2 amide bonds. The predicted molar refractivity (Wildman–Crippen MR) is 270 cm³/mol. The number of ether oxygens (including phenoxy) is 4. The highest BCUT2D eigenvalue weighted by molar-refractivity contribution is 7.18. The number of unbranched alkanes of at least 4 members (excludes halogenated alkanes) is 2. The van der Waals surface area contributed by atoms with Crippen LogP contribution in [0.4, 0.5) is 4.79 Å². The summed E-state index contributed by atoms with van der Waals surface area (Å²) in [7, 11) is -2.60. The van der Waals surface area contributed by atoms with Gasteiger partial charge in [0.15, 0.2) is 8.32 Å². The van der Waals surface area contributed by atoms with Crippen molar-refractivity contribution in [1.29, 1.82) is 0 Å². The highest BCUT2D eigenvalue weighted by atomic mass is 32.1. The highest BCUT2D eigenvalue weighted by Gasteiger charge is 2.50. The summed E-state index contributed by atoms with van der Waals surface area (Å²) in [5.41, 5.74) is 2.21. The molecule has 3 heterocycles. The molecule has 5 atom stereocenters. The molecule has 2 aliphatic heterocycles. The maximum atomic E-state index is 15.3. The van der Waals surface area contributed by atoms with Crippen molar-refractivity contribution < 1.29 is 52.1 Å². The lowest BCUT2D eigenvalue weighted by atomic mass is 9.71. The van der Waals surface area contributed by atoms with Crippen LogP contribution in [0.1, 0.15) is 135 Å². The van der Waals surface area contributed by atoms with Gasteiger partial charge in [-0.25, -0.2) is 9.78 Å². The first-order valence-corrected chi connectivity index (χ1v) is 27.9. The van der Waals surface area contributed by atoms with Gasteiger partial charge in [0, 0.05) is 37.0 Å². The number of carbonyl (C=O) groups is 6. The first-order chi connectivity index (χ1) is 32.5. The van der Waals surface area contributed by atoms with Crippen molar-refractivity contribution in [1.82, 2.24) is 9.88 Å². The predicted octanol–water partition coefficient (Wildman–Crippen LogP) is 12.0. The number of Topliss-reactive ketones (excluding diaryl/α,β-unsaturated/α-hetero) is 1. The Hall–Kier alpha value is -5.25. The molecule has 0 aliphatic carbocycles. The van der Waals surface area contributed by atoms with E-state index < -0.39 is 56.1 Å². The van der Waals surface area contributed by atoms with Crippen molar-refractivity contribution in [2.45, 2.75) is 163 Å². The molecule has 0 radical (unpaired) electrons. The number of benzene rings is 2. The molecule has 2 aliphatic rings. The number of carbonyl (C=O) groups excluding carboxylic acids is 6. The molecule has 2 aromatic carbocycles. The van der Waals surface area contributed by atoms with Gasteiger partial charge in [-0.2, -0.15) is 0 Å². The van der Waals surface area contributed by atoms with E-state index in [-0.39, 0.29) is 54.4 Å². The Morgan fingerprint density at radius 1 is 1.00 bits per heavy atom. The average molecular weight is 985 g/mol. The zero-order chi connectivity index (χ0) is 50.7. The molecule has 69 heavy (non-hydrogen) atoms. The number of imide groups is 1. The maximum Gasteiger partial charge on any atom is 0.508 e. The van der Waals surface area contributed by atoms with Crippen molar-refractivity contribution in [3.8, 4) is 5.75 Å². The molecule has 1 aromatic heterocycles. The van der Waals surface area contributed by atoms with Crippen LogP contribution in [-0.4, -0.2) is 72.6 Å². The second kappa shape index (κ2) is 24.0. The first-order valence-electron chi connectivity index (χ1n) is 24.2. The number of rotatable bonds is 15. The molecule has 5 rings (SSSR count). The van der Waals surface area contributed by atoms with E-state index in [1.807, 2.05) is 45.9 Å². The number of hydrogen-bond acceptors (Lipinski definition) is 13. The summed E-state index contributed by atoms with van der Waals surface area (Å²) in [6.45, 7) is 24.3. The van der Waals surface area contributed by atoms with Gasteiger partial charge in [0.05, 0.1) is 33.7 Å². The van der Waals surface area contributed by atoms with Gasteiger partial charge in [0.2, 0.25) is 0 Å². The third-order valence-corrected chi connectivity index (χ3v) is 19.2. The summed E-state index contributed by atoms with van der Waals surface area (Å²) in [4.78, 5) is 85.1. The van der Waals surface area contributed by atoms with Crippen LogP contribution in [0.15, 0.2) is 78.9 Å². The Bertz CT molecular complexity index is 2380. The van der Waals surface area contributed by atoms with E-state index >= 15 is 4.79 Å². The van der Waals surface area contributed by atoms with Crippen LogP contribution >= 0.6 is 11.3 Å². The number of aryl methyl sites for hydroxylation is 1. The fraction of sp³-hybridized carbons (Fsp3) is 0.537. The standard InChI is InChI=1S/C54H72N2O11SSi/c1-12-17-41-50(66-52(62)63-34-38-22-25-40(26-23-38)64-48(59)20-14-13-15-31-56-46(57)29-30-47(56)58)36(3)19-16-18-35(2)21-27-43(39-24-28-44-42(32-39)55-37(4)68-44)65-49(60)33-45(54(8,9)51(41)61)67-69(10,11)53(5,6)7/h12,21-26,28-30,32,36,41,43,45,50H,1,13-20,27,31,33-34H2,2-11H3/b35-21-/t36-,41+,43-,45-,50-/m0/s1. The Kier molecular flexibility index (Phi) is 19.1. The minimum Gasteiger partial charge on any atom is -0.457 e. The van der Waals surface area contributed by atoms with E-state index in [2.05, 4.69) is 53.4 Å². The Labute approximate surface area is 413 Å². The highest BCUT2D eigenvalue weighted by Crippen LogP contribution is 2.43. The second-order valence-electron chi connectivity index (χ2n) is 20.6. The number of ketones is 1. The number of aromatic nitrogens is 1. The fourth-order valence-electron chi connectivity index (χ4n) is 8.42. The number of esters is 2. The number of nitrogens with zero attached hydrogens (tertiary/aromatic N) is 2. The number of thiazole rings is 1. The van der Waals surface area contributed by atoms with Gasteiger partial charge in [0.1, 0.15) is 30.3 Å². The summed E-state index contributed by atoms with van der Waals surface area (Å²) >= 11 is 1.62. The minimum absolute atomic E-state index is 0.135. The zero-order valence-electron chi connectivity index (χ0n) is 42.2. The molecule has 0 N–H and O–H groups in total. The summed E-state index contributed by atoms with van der Waals surface area (Å²) in [5, 5.41) is 0.714. The van der Waals surface area contributed by atoms with Crippen LogP contribution < -0.4 is 4.74 Å². The lowest BCUT2D eigenvalue weighted by Crippen LogP contribution is -2.53. The normalized spacial score (nSPS) is 22.8. The van der Waals surface area contributed by atoms with Gasteiger partial charge < -0.3 is 23.4 Å². The molecular formula is C54H72N2O11SSi. The molecule has 0 saturated heterocycles. The van der Waals surface area contributed by atoms with Crippen molar-refractivity contribution in [3.63, 3.8) is 0 Å². The summed E-state index contributed by atoms with van der Waals surface area (Å²) < 4.78 is 31.8. The van der Waals surface area contributed by atoms with Gasteiger partial charge in [-0.15, -0.1) is 17.9 Å². The molecule has 0 bridgehead atoms. The van der Waals surface area contributed by atoms with Gasteiger partial charge in [-0.3, -0.25) is 28.9 Å². The second-order valence-corrected chi connectivity index (χ2v) is 26.6. The molecule has 0 saturated carbocycles. The monoisotopic (exact) mass is 984 g/mol. The largest absolute Gasteiger partial charge is 0.508 e. The van der Waals surface area contributed by atoms with Crippen molar-refractivity contribution in [3.05, 3.63) is 95.1 Å². The summed E-state index contributed by atoms with van der Waals surface area (Å²) in [6.07, 6.45) is 7.59. The Morgan fingerprint density at radius 3 is 2.36 bits per heavy atom. The molecule has 0 spiro atoms. The number of amides is 2. The molecular weight excluding hydrogens is 913 g/mol. The van der Waals surface area contributed by atoms with Gasteiger partial charge in [0.25, 0.3) is 11.8 Å². The van der Waals surface area contributed by atoms with Crippen LogP contribution in [0.3, 0.4) is 0 Å². The third-order valence-electron chi connectivity index (χ3n) is 13.7. The molecule has 0 unspecified atom stereocenters. The molecule has 0 fully saturated rings. The Morgan fingerprint density at radius 2 is 1.70 bits per heavy atom. The lowest BCUT2D eigenvalue weighted by Gasteiger charge is -2.45. The smallest absolute Gasteiger partial charge is 0.457 e. The Balaban J connectivity index is 1.31.